The lowest BCUT2D eigenvalue weighted by atomic mass is 9.98. The summed E-state index contributed by atoms with van der Waals surface area (Å²) in [5.41, 5.74) is 6.09. The van der Waals surface area contributed by atoms with Crippen molar-refractivity contribution < 1.29 is 0 Å². The molecule has 3 aliphatic carbocycles. The minimum atomic E-state index is 0.744. The van der Waals surface area contributed by atoms with Gasteiger partial charge in [0.25, 0.3) is 0 Å². The summed E-state index contributed by atoms with van der Waals surface area (Å²) in [6.45, 7) is 4.39. The summed E-state index contributed by atoms with van der Waals surface area (Å²) >= 11 is 0. The third-order valence-corrected chi connectivity index (χ3v) is 3.42. The molecule has 0 heterocycles. The van der Waals surface area contributed by atoms with Gasteiger partial charge in [0.05, 0.1) is 0 Å². The topological polar surface area (TPSA) is 0 Å². The molecular formula is C13H14. The van der Waals surface area contributed by atoms with E-state index in [1.807, 2.05) is 0 Å². The zero-order valence-corrected chi connectivity index (χ0v) is 8.17. The average Bonchev–Trinajstić information content (AvgIpc) is 2.76. The molecule has 0 nitrogen and oxygen atoms in total. The van der Waals surface area contributed by atoms with Crippen molar-refractivity contribution in [2.75, 3.05) is 0 Å². The highest BCUT2D eigenvalue weighted by Crippen LogP contribution is 2.50. The number of rotatable bonds is 0. The van der Waals surface area contributed by atoms with Crippen molar-refractivity contribution in [3.8, 4) is 0 Å². The standard InChI is InChI=1S/C13H14/c1-8(2)11-6-12-9-3-4-10(5-9)13(12)7-11/h3-4,6-7,9-10H,5H2,1-2H3/t9-,10+. The normalized spacial score (nSPS) is 33.5. The number of hydrogen-bond acceptors (Lipinski definition) is 0. The Hall–Kier alpha value is -1.04. The van der Waals surface area contributed by atoms with Gasteiger partial charge in [-0.05, 0) is 37.0 Å². The first-order chi connectivity index (χ1) is 6.25. The summed E-state index contributed by atoms with van der Waals surface area (Å²) < 4.78 is 0. The predicted molar refractivity (Wildman–Crippen MR) is 55.3 cm³/mol. The van der Waals surface area contributed by atoms with E-state index in [1.54, 1.807) is 11.1 Å². The van der Waals surface area contributed by atoms with Crippen molar-refractivity contribution in [2.45, 2.75) is 20.3 Å². The molecule has 0 aromatic carbocycles. The van der Waals surface area contributed by atoms with E-state index in [4.69, 9.17) is 0 Å². The summed E-state index contributed by atoms with van der Waals surface area (Å²) in [5, 5.41) is 0. The SMILES string of the molecule is CC(C)=C1C=C2C(=C1)[C@H]1C=C[C@@H]2C1. The first kappa shape index (κ1) is 7.37. The minimum Gasteiger partial charge on any atom is -0.0804 e. The molecule has 0 unspecified atom stereocenters. The van der Waals surface area contributed by atoms with E-state index in [-0.39, 0.29) is 0 Å². The van der Waals surface area contributed by atoms with Crippen molar-refractivity contribution in [1.82, 2.24) is 0 Å². The van der Waals surface area contributed by atoms with Crippen molar-refractivity contribution in [3.63, 3.8) is 0 Å². The smallest absolute Gasteiger partial charge is 0.00301 e. The number of allylic oxidation sites excluding steroid dienone is 8. The Labute approximate surface area is 79.3 Å². The fraction of sp³-hybridized carbons (Fsp3) is 0.385. The summed E-state index contributed by atoms with van der Waals surface area (Å²) in [4.78, 5) is 0. The van der Waals surface area contributed by atoms with Gasteiger partial charge in [-0.3, -0.25) is 0 Å². The molecule has 0 radical (unpaired) electrons. The highest BCUT2D eigenvalue weighted by molar-refractivity contribution is 5.61. The van der Waals surface area contributed by atoms with Crippen LogP contribution in [0, 0.1) is 11.8 Å². The monoisotopic (exact) mass is 170 g/mol. The number of hydrogen-bond donors (Lipinski definition) is 0. The first-order valence-electron chi connectivity index (χ1n) is 5.05. The van der Waals surface area contributed by atoms with Gasteiger partial charge in [-0.15, -0.1) is 0 Å². The molecule has 2 atom stereocenters. The van der Waals surface area contributed by atoms with Gasteiger partial charge in [0, 0.05) is 11.8 Å². The summed E-state index contributed by atoms with van der Waals surface area (Å²) in [6, 6.07) is 0. The van der Waals surface area contributed by atoms with Gasteiger partial charge in [-0.1, -0.05) is 29.9 Å². The number of fused-ring (bicyclic) bond motifs is 5. The third kappa shape index (κ3) is 0.861. The maximum atomic E-state index is 2.39. The second kappa shape index (κ2) is 2.25. The second-order valence-corrected chi connectivity index (χ2v) is 4.49. The zero-order chi connectivity index (χ0) is 9.00. The summed E-state index contributed by atoms with van der Waals surface area (Å²) in [6.07, 6.45) is 10.9. The van der Waals surface area contributed by atoms with Crippen molar-refractivity contribution in [3.05, 3.63) is 46.6 Å². The van der Waals surface area contributed by atoms with Crippen LogP contribution in [0.5, 0.6) is 0 Å². The predicted octanol–water partition coefficient (Wildman–Crippen LogP) is 3.40. The molecule has 2 bridgehead atoms. The van der Waals surface area contributed by atoms with Gasteiger partial charge in [-0.25, -0.2) is 0 Å². The van der Waals surface area contributed by atoms with Crippen molar-refractivity contribution in [2.24, 2.45) is 11.8 Å². The van der Waals surface area contributed by atoms with Gasteiger partial charge in [-0.2, -0.15) is 0 Å². The Morgan fingerprint density at radius 2 is 1.62 bits per heavy atom. The molecule has 0 aromatic rings. The van der Waals surface area contributed by atoms with E-state index in [2.05, 4.69) is 38.2 Å². The average molecular weight is 170 g/mol. The Morgan fingerprint density at radius 3 is 2.08 bits per heavy atom. The van der Waals surface area contributed by atoms with Gasteiger partial charge < -0.3 is 0 Å². The van der Waals surface area contributed by atoms with Crippen LogP contribution in [-0.4, -0.2) is 0 Å². The fourth-order valence-corrected chi connectivity index (χ4v) is 2.63. The quantitative estimate of drug-likeness (QED) is 0.489. The van der Waals surface area contributed by atoms with Gasteiger partial charge in [0.15, 0.2) is 0 Å². The molecule has 0 heteroatoms. The van der Waals surface area contributed by atoms with Crippen molar-refractivity contribution in [1.29, 1.82) is 0 Å². The van der Waals surface area contributed by atoms with Crippen LogP contribution >= 0.6 is 0 Å². The van der Waals surface area contributed by atoms with Crippen LogP contribution in [0.3, 0.4) is 0 Å². The van der Waals surface area contributed by atoms with E-state index in [1.165, 1.54) is 17.6 Å². The second-order valence-electron chi connectivity index (χ2n) is 4.49. The summed E-state index contributed by atoms with van der Waals surface area (Å²) in [7, 11) is 0. The lowest BCUT2D eigenvalue weighted by molar-refractivity contribution is 0.734. The molecule has 0 aromatic heterocycles. The molecule has 1 fully saturated rings. The Balaban J connectivity index is 2.14. The molecule has 13 heavy (non-hydrogen) atoms. The van der Waals surface area contributed by atoms with Crippen LogP contribution in [0.4, 0.5) is 0 Å². The lowest BCUT2D eigenvalue weighted by Crippen LogP contribution is -1.92. The van der Waals surface area contributed by atoms with Crippen LogP contribution in [0.1, 0.15) is 20.3 Å². The highest BCUT2D eigenvalue weighted by atomic mass is 14.4. The molecule has 0 N–H and O–H groups in total. The van der Waals surface area contributed by atoms with E-state index in [0.29, 0.717) is 0 Å². The molecule has 0 aliphatic heterocycles. The van der Waals surface area contributed by atoms with Crippen molar-refractivity contribution >= 4 is 0 Å². The first-order valence-corrected chi connectivity index (χ1v) is 5.05. The molecule has 3 aliphatic rings. The molecule has 1 saturated carbocycles. The maximum Gasteiger partial charge on any atom is 0.00301 e. The van der Waals surface area contributed by atoms with Gasteiger partial charge in [0.1, 0.15) is 0 Å². The molecule has 3 rings (SSSR count). The highest BCUT2D eigenvalue weighted by Gasteiger charge is 2.37. The third-order valence-electron chi connectivity index (χ3n) is 3.42. The van der Waals surface area contributed by atoms with Crippen LogP contribution in [0.15, 0.2) is 46.6 Å². The minimum absolute atomic E-state index is 0.744. The van der Waals surface area contributed by atoms with E-state index < -0.39 is 0 Å². The Morgan fingerprint density at radius 1 is 1.08 bits per heavy atom. The molecule has 0 amide bonds. The van der Waals surface area contributed by atoms with Gasteiger partial charge in [0.2, 0.25) is 0 Å². The molecule has 66 valence electrons. The summed E-state index contributed by atoms with van der Waals surface area (Å²) in [5.74, 6) is 1.49. The Bertz CT molecular complexity index is 354. The molecule has 0 spiro atoms. The lowest BCUT2D eigenvalue weighted by Gasteiger charge is -2.06. The van der Waals surface area contributed by atoms with Crippen LogP contribution in [0.25, 0.3) is 0 Å². The van der Waals surface area contributed by atoms with E-state index >= 15 is 0 Å². The van der Waals surface area contributed by atoms with Crippen LogP contribution in [-0.2, 0) is 0 Å². The van der Waals surface area contributed by atoms with Gasteiger partial charge >= 0.3 is 0 Å². The maximum absolute atomic E-state index is 2.39. The van der Waals surface area contributed by atoms with E-state index in [0.717, 1.165) is 11.8 Å². The molecule has 0 saturated heterocycles. The molecular weight excluding hydrogens is 156 g/mol. The van der Waals surface area contributed by atoms with Crippen LogP contribution < -0.4 is 0 Å². The largest absolute Gasteiger partial charge is 0.0804 e. The van der Waals surface area contributed by atoms with Crippen LogP contribution in [0.2, 0.25) is 0 Å². The van der Waals surface area contributed by atoms with E-state index in [9.17, 15) is 0 Å². The Kier molecular flexibility index (Phi) is 1.28. The zero-order valence-electron chi connectivity index (χ0n) is 8.17. The fourth-order valence-electron chi connectivity index (χ4n) is 2.63.